The highest BCUT2D eigenvalue weighted by molar-refractivity contribution is 5.71. The molecule has 0 bridgehead atoms. The Balaban J connectivity index is 2.00. The zero-order valence-electron chi connectivity index (χ0n) is 10.9. The molecule has 1 nitrogen and oxygen atoms in total. The molecule has 0 saturated carbocycles. The fourth-order valence-corrected chi connectivity index (χ4v) is 2.10. The van der Waals surface area contributed by atoms with Gasteiger partial charge in [0.05, 0.1) is 0 Å². The van der Waals surface area contributed by atoms with E-state index in [-0.39, 0.29) is 0 Å². The number of aryl methyl sites for hydroxylation is 2. The van der Waals surface area contributed by atoms with Gasteiger partial charge in [0.1, 0.15) is 0 Å². The fraction of sp³-hybridized carbons (Fsp3) is 0.176. The van der Waals surface area contributed by atoms with Crippen molar-refractivity contribution in [2.45, 2.75) is 20.3 Å². The van der Waals surface area contributed by atoms with Crippen LogP contribution in [-0.2, 0) is 0 Å². The molecule has 0 fully saturated rings. The first kappa shape index (κ1) is 11.1. The number of nitrogens with zero attached hydrogens (tertiary/aromatic N) is 1. The Bertz CT molecular complexity index is 531. The zero-order valence-corrected chi connectivity index (χ0v) is 10.9. The molecule has 2 aromatic rings. The number of hydrogen-bond donors (Lipinski definition) is 0. The lowest BCUT2D eigenvalue weighted by atomic mass is 10.1. The molecule has 0 spiro atoms. The molecule has 0 atom stereocenters. The molecular weight excluding hydrogens is 218 g/mol. The van der Waals surface area contributed by atoms with Gasteiger partial charge >= 0.3 is 0 Å². The number of anilines is 2. The maximum atomic E-state index is 2.33. The minimum absolute atomic E-state index is 1.10. The second-order valence-electron chi connectivity index (χ2n) is 4.91. The molecular formula is C17H17N. The van der Waals surface area contributed by atoms with Crippen molar-refractivity contribution in [2.75, 3.05) is 4.90 Å². The molecule has 0 N–H and O–H groups in total. The summed E-state index contributed by atoms with van der Waals surface area (Å²) in [4.78, 5) is 2.33. The van der Waals surface area contributed by atoms with Crippen LogP contribution in [0.5, 0.6) is 0 Å². The van der Waals surface area contributed by atoms with Gasteiger partial charge in [0.25, 0.3) is 0 Å². The standard InChI is InChI=1S/C17H17N/c1-13-3-7-15(8-4-13)18(17-11-12-17)16-9-5-14(2)6-10-16/h3-11H,12H2,1-2H3. The van der Waals surface area contributed by atoms with Crippen molar-refractivity contribution in [3.05, 3.63) is 71.4 Å². The summed E-state index contributed by atoms with van der Waals surface area (Å²) in [6.07, 6.45) is 3.36. The molecule has 90 valence electrons. The molecule has 0 aromatic heterocycles. The first-order valence-corrected chi connectivity index (χ1v) is 6.36. The monoisotopic (exact) mass is 235 g/mol. The Morgan fingerprint density at radius 2 is 1.11 bits per heavy atom. The number of allylic oxidation sites excluding steroid dienone is 2. The van der Waals surface area contributed by atoms with E-state index in [4.69, 9.17) is 0 Å². The predicted octanol–water partition coefficient (Wildman–Crippen LogP) is 4.73. The van der Waals surface area contributed by atoms with E-state index in [0.29, 0.717) is 0 Å². The lowest BCUT2D eigenvalue weighted by molar-refractivity contribution is 1.20. The molecule has 1 aliphatic carbocycles. The molecule has 0 radical (unpaired) electrons. The SMILES string of the molecule is Cc1ccc(N(C2=CC2)c2ccc(C)cc2)cc1. The minimum atomic E-state index is 1.10. The fourth-order valence-electron chi connectivity index (χ4n) is 2.10. The topological polar surface area (TPSA) is 3.24 Å². The van der Waals surface area contributed by atoms with E-state index in [1.165, 1.54) is 28.2 Å². The van der Waals surface area contributed by atoms with Crippen LogP contribution in [0.4, 0.5) is 11.4 Å². The van der Waals surface area contributed by atoms with Gasteiger partial charge in [0.2, 0.25) is 0 Å². The van der Waals surface area contributed by atoms with Crippen LogP contribution in [0.15, 0.2) is 60.3 Å². The Hall–Kier alpha value is -2.02. The normalized spacial score (nSPS) is 13.1. The Kier molecular flexibility index (Phi) is 2.67. The summed E-state index contributed by atoms with van der Waals surface area (Å²) in [5, 5.41) is 0. The summed E-state index contributed by atoms with van der Waals surface area (Å²) in [6.45, 7) is 4.24. The van der Waals surface area contributed by atoms with Crippen molar-refractivity contribution in [3.63, 3.8) is 0 Å². The van der Waals surface area contributed by atoms with E-state index in [2.05, 4.69) is 73.4 Å². The summed E-state index contributed by atoms with van der Waals surface area (Å²) in [5.74, 6) is 0. The molecule has 0 amide bonds. The Labute approximate surface area is 108 Å². The van der Waals surface area contributed by atoms with Gasteiger partial charge in [-0.2, -0.15) is 0 Å². The van der Waals surface area contributed by atoms with Crippen LogP contribution in [0, 0.1) is 13.8 Å². The lowest BCUT2D eigenvalue weighted by Gasteiger charge is -2.22. The van der Waals surface area contributed by atoms with Gasteiger partial charge in [0.15, 0.2) is 0 Å². The van der Waals surface area contributed by atoms with E-state index in [9.17, 15) is 0 Å². The summed E-state index contributed by atoms with van der Waals surface area (Å²) in [7, 11) is 0. The average Bonchev–Trinajstić information content (AvgIpc) is 3.19. The first-order valence-electron chi connectivity index (χ1n) is 6.36. The number of rotatable bonds is 3. The van der Waals surface area contributed by atoms with Gasteiger partial charge in [-0.05, 0) is 38.1 Å². The van der Waals surface area contributed by atoms with Crippen LogP contribution in [0.1, 0.15) is 17.5 Å². The third-order valence-corrected chi connectivity index (χ3v) is 3.26. The highest BCUT2D eigenvalue weighted by Crippen LogP contribution is 2.36. The Morgan fingerprint density at radius 3 is 1.44 bits per heavy atom. The van der Waals surface area contributed by atoms with Gasteiger partial charge in [-0.25, -0.2) is 0 Å². The van der Waals surface area contributed by atoms with Crippen LogP contribution < -0.4 is 4.90 Å². The highest BCUT2D eigenvalue weighted by atomic mass is 15.2. The number of benzene rings is 2. The minimum Gasteiger partial charge on any atom is -0.314 e. The predicted molar refractivity (Wildman–Crippen MR) is 77.2 cm³/mol. The van der Waals surface area contributed by atoms with Crippen LogP contribution in [0.2, 0.25) is 0 Å². The highest BCUT2D eigenvalue weighted by Gasteiger charge is 2.19. The average molecular weight is 235 g/mol. The van der Waals surface area contributed by atoms with E-state index in [0.717, 1.165) is 6.42 Å². The van der Waals surface area contributed by atoms with Gasteiger partial charge in [-0.15, -0.1) is 0 Å². The van der Waals surface area contributed by atoms with Crippen molar-refractivity contribution in [2.24, 2.45) is 0 Å². The second-order valence-corrected chi connectivity index (χ2v) is 4.91. The summed E-state index contributed by atoms with van der Waals surface area (Å²) >= 11 is 0. The summed E-state index contributed by atoms with van der Waals surface area (Å²) in [6, 6.07) is 17.4. The maximum Gasteiger partial charge on any atom is 0.0458 e. The van der Waals surface area contributed by atoms with E-state index >= 15 is 0 Å². The van der Waals surface area contributed by atoms with Crippen LogP contribution >= 0.6 is 0 Å². The van der Waals surface area contributed by atoms with Crippen LogP contribution in [0.3, 0.4) is 0 Å². The largest absolute Gasteiger partial charge is 0.314 e. The van der Waals surface area contributed by atoms with Crippen molar-refractivity contribution in [3.8, 4) is 0 Å². The van der Waals surface area contributed by atoms with Crippen LogP contribution in [-0.4, -0.2) is 0 Å². The second kappa shape index (κ2) is 4.34. The molecule has 1 heteroatoms. The molecule has 18 heavy (non-hydrogen) atoms. The number of hydrogen-bond acceptors (Lipinski definition) is 1. The van der Waals surface area contributed by atoms with Crippen molar-refractivity contribution < 1.29 is 0 Å². The first-order chi connectivity index (χ1) is 8.74. The van der Waals surface area contributed by atoms with Gasteiger partial charge < -0.3 is 4.90 Å². The summed E-state index contributed by atoms with van der Waals surface area (Å²) < 4.78 is 0. The van der Waals surface area contributed by atoms with E-state index < -0.39 is 0 Å². The van der Waals surface area contributed by atoms with Gasteiger partial charge in [-0.1, -0.05) is 41.5 Å². The van der Waals surface area contributed by atoms with Gasteiger partial charge in [0, 0.05) is 23.5 Å². The molecule has 0 unspecified atom stereocenters. The summed E-state index contributed by atoms with van der Waals surface area (Å²) in [5.41, 5.74) is 6.48. The zero-order chi connectivity index (χ0) is 12.5. The van der Waals surface area contributed by atoms with Crippen molar-refractivity contribution in [1.82, 2.24) is 0 Å². The maximum absolute atomic E-state index is 2.33. The Morgan fingerprint density at radius 1 is 0.722 bits per heavy atom. The third kappa shape index (κ3) is 2.17. The smallest absolute Gasteiger partial charge is 0.0458 e. The molecule has 0 aliphatic heterocycles. The van der Waals surface area contributed by atoms with Crippen LogP contribution in [0.25, 0.3) is 0 Å². The third-order valence-electron chi connectivity index (χ3n) is 3.26. The van der Waals surface area contributed by atoms with Gasteiger partial charge in [-0.3, -0.25) is 0 Å². The lowest BCUT2D eigenvalue weighted by Crippen LogP contribution is -2.10. The molecule has 3 rings (SSSR count). The molecule has 0 heterocycles. The molecule has 2 aromatic carbocycles. The van der Waals surface area contributed by atoms with E-state index in [1.807, 2.05) is 0 Å². The van der Waals surface area contributed by atoms with E-state index in [1.54, 1.807) is 0 Å². The van der Waals surface area contributed by atoms with Crippen molar-refractivity contribution in [1.29, 1.82) is 0 Å². The van der Waals surface area contributed by atoms with Crippen molar-refractivity contribution >= 4 is 11.4 Å². The quantitative estimate of drug-likeness (QED) is 0.743. The molecule has 0 saturated heterocycles. The molecule has 1 aliphatic rings.